The van der Waals surface area contributed by atoms with Gasteiger partial charge in [0.25, 0.3) is 0 Å². The molecule has 0 amide bonds. The van der Waals surface area contributed by atoms with Crippen LogP contribution in [0.25, 0.3) is 0 Å². The Morgan fingerprint density at radius 1 is 1.54 bits per heavy atom. The Balaban J connectivity index is 2.34. The topological polar surface area (TPSA) is 3.24 Å². The van der Waals surface area contributed by atoms with Crippen LogP contribution >= 0.6 is 24.4 Å². The molecule has 0 radical (unpaired) electrons. The molecule has 0 aromatic carbocycles. The molecule has 1 fully saturated rings. The molecule has 1 saturated heterocycles. The summed E-state index contributed by atoms with van der Waals surface area (Å²) < 4.78 is 0.453. The molecule has 1 unspecified atom stereocenters. The number of rotatable bonds is 3. The van der Waals surface area contributed by atoms with E-state index >= 15 is 0 Å². The summed E-state index contributed by atoms with van der Waals surface area (Å²) in [4.78, 5) is 2.58. The van der Waals surface area contributed by atoms with Crippen molar-refractivity contribution in [1.82, 2.24) is 4.90 Å². The number of nitrogens with zero attached hydrogens (tertiary/aromatic N) is 1. The fourth-order valence-corrected chi connectivity index (χ4v) is 3.06. The maximum Gasteiger partial charge on any atom is 0.0231 e. The van der Waals surface area contributed by atoms with E-state index in [1.54, 1.807) is 0 Å². The van der Waals surface area contributed by atoms with Gasteiger partial charge in [0.2, 0.25) is 0 Å². The van der Waals surface area contributed by atoms with Crippen molar-refractivity contribution in [3.05, 3.63) is 0 Å². The summed E-state index contributed by atoms with van der Waals surface area (Å²) in [5.74, 6) is 3.01. The first kappa shape index (κ1) is 11.7. The zero-order chi connectivity index (χ0) is 9.90. The van der Waals surface area contributed by atoms with E-state index < -0.39 is 0 Å². The molecule has 0 aromatic rings. The van der Waals surface area contributed by atoms with E-state index in [1.807, 2.05) is 0 Å². The second kappa shape index (κ2) is 4.94. The maximum atomic E-state index is 4.33. The summed E-state index contributed by atoms with van der Waals surface area (Å²) in [6.45, 7) is 10.7. The van der Waals surface area contributed by atoms with Gasteiger partial charge in [0, 0.05) is 30.1 Å². The highest BCUT2D eigenvalue weighted by atomic mass is 32.2. The minimum absolute atomic E-state index is 0.453. The minimum atomic E-state index is 0.453. The van der Waals surface area contributed by atoms with Crippen LogP contribution in [-0.2, 0) is 0 Å². The second-order valence-electron chi connectivity index (χ2n) is 4.63. The van der Waals surface area contributed by atoms with Gasteiger partial charge in [-0.05, 0) is 25.5 Å². The molecular weight excluding hydrogens is 198 g/mol. The first-order valence-electron chi connectivity index (χ1n) is 5.01. The highest BCUT2D eigenvalue weighted by molar-refractivity contribution is 8.00. The van der Waals surface area contributed by atoms with E-state index in [0.717, 1.165) is 11.7 Å². The van der Waals surface area contributed by atoms with E-state index in [2.05, 4.69) is 50.1 Å². The molecular formula is C10H21NS2. The molecule has 0 aromatic heterocycles. The highest BCUT2D eigenvalue weighted by Crippen LogP contribution is 2.29. The molecule has 78 valence electrons. The monoisotopic (exact) mass is 219 g/mol. The van der Waals surface area contributed by atoms with Crippen molar-refractivity contribution in [3.63, 3.8) is 0 Å². The second-order valence-corrected chi connectivity index (χ2v) is 6.80. The van der Waals surface area contributed by atoms with Crippen molar-refractivity contribution in [3.8, 4) is 0 Å². The molecule has 1 rings (SSSR count). The van der Waals surface area contributed by atoms with E-state index in [-0.39, 0.29) is 0 Å². The van der Waals surface area contributed by atoms with Crippen LogP contribution in [0.2, 0.25) is 0 Å². The Hall–Kier alpha value is 0.660. The van der Waals surface area contributed by atoms with Crippen LogP contribution in [0.3, 0.4) is 0 Å². The van der Waals surface area contributed by atoms with E-state index in [1.165, 1.54) is 25.4 Å². The van der Waals surface area contributed by atoms with Crippen LogP contribution in [0.1, 0.15) is 20.8 Å². The zero-order valence-electron chi connectivity index (χ0n) is 8.92. The van der Waals surface area contributed by atoms with Gasteiger partial charge < -0.3 is 4.90 Å². The summed E-state index contributed by atoms with van der Waals surface area (Å²) in [5, 5.41) is 0. The highest BCUT2D eigenvalue weighted by Gasteiger charge is 2.27. The van der Waals surface area contributed by atoms with Crippen LogP contribution in [0, 0.1) is 5.92 Å². The number of hydrogen-bond donors (Lipinski definition) is 1. The SMILES string of the molecule is CC(CS)CN1CCSC(C)(C)C1. The predicted molar refractivity (Wildman–Crippen MR) is 66.0 cm³/mol. The van der Waals surface area contributed by atoms with Gasteiger partial charge in [-0.1, -0.05) is 6.92 Å². The Morgan fingerprint density at radius 2 is 2.23 bits per heavy atom. The largest absolute Gasteiger partial charge is 0.301 e. The van der Waals surface area contributed by atoms with Gasteiger partial charge in [0.15, 0.2) is 0 Å². The third-order valence-corrected chi connectivity index (χ3v) is 4.31. The molecule has 1 aliphatic rings. The Morgan fingerprint density at radius 3 is 2.77 bits per heavy atom. The Kier molecular flexibility index (Phi) is 4.46. The first-order valence-corrected chi connectivity index (χ1v) is 6.62. The molecule has 1 nitrogen and oxygen atoms in total. The first-order chi connectivity index (χ1) is 6.03. The molecule has 0 aliphatic carbocycles. The predicted octanol–water partition coefficient (Wildman–Crippen LogP) is 2.38. The number of thiol groups is 1. The lowest BCUT2D eigenvalue weighted by Gasteiger charge is -2.38. The van der Waals surface area contributed by atoms with Crippen molar-refractivity contribution in [2.45, 2.75) is 25.5 Å². The molecule has 0 bridgehead atoms. The number of thioether (sulfide) groups is 1. The lowest BCUT2D eigenvalue weighted by molar-refractivity contribution is 0.235. The van der Waals surface area contributed by atoms with Gasteiger partial charge in [-0.3, -0.25) is 0 Å². The quantitative estimate of drug-likeness (QED) is 0.726. The number of hydrogen-bond acceptors (Lipinski definition) is 3. The summed E-state index contributed by atoms with van der Waals surface area (Å²) >= 11 is 6.42. The average Bonchev–Trinajstić information content (AvgIpc) is 2.02. The summed E-state index contributed by atoms with van der Waals surface area (Å²) in [6.07, 6.45) is 0. The van der Waals surface area contributed by atoms with Crippen molar-refractivity contribution in [2.75, 3.05) is 31.1 Å². The van der Waals surface area contributed by atoms with Crippen molar-refractivity contribution in [2.24, 2.45) is 5.92 Å². The lowest BCUT2D eigenvalue weighted by atomic mass is 10.1. The summed E-state index contributed by atoms with van der Waals surface area (Å²) in [5.41, 5.74) is 0. The van der Waals surface area contributed by atoms with Crippen molar-refractivity contribution in [1.29, 1.82) is 0 Å². The fraction of sp³-hybridized carbons (Fsp3) is 1.00. The molecule has 3 heteroatoms. The Bertz CT molecular complexity index is 159. The van der Waals surface area contributed by atoms with Gasteiger partial charge in [0.05, 0.1) is 0 Å². The molecule has 1 aliphatic heterocycles. The lowest BCUT2D eigenvalue weighted by Crippen LogP contribution is -2.44. The smallest absolute Gasteiger partial charge is 0.0231 e. The van der Waals surface area contributed by atoms with Crippen LogP contribution in [0.15, 0.2) is 0 Å². The van der Waals surface area contributed by atoms with Gasteiger partial charge in [-0.2, -0.15) is 24.4 Å². The van der Waals surface area contributed by atoms with E-state index in [0.29, 0.717) is 4.75 Å². The van der Waals surface area contributed by atoms with Crippen molar-refractivity contribution >= 4 is 24.4 Å². The summed E-state index contributed by atoms with van der Waals surface area (Å²) in [7, 11) is 0. The molecule has 0 saturated carbocycles. The molecule has 0 N–H and O–H groups in total. The van der Waals surface area contributed by atoms with E-state index in [4.69, 9.17) is 0 Å². The van der Waals surface area contributed by atoms with Gasteiger partial charge in [0.1, 0.15) is 0 Å². The van der Waals surface area contributed by atoms with Crippen LogP contribution in [-0.4, -0.2) is 40.8 Å². The third-order valence-electron chi connectivity index (χ3n) is 2.39. The minimum Gasteiger partial charge on any atom is -0.301 e. The Labute approximate surface area is 92.1 Å². The van der Waals surface area contributed by atoms with Gasteiger partial charge in [-0.15, -0.1) is 0 Å². The molecule has 0 spiro atoms. The standard InChI is InChI=1S/C10H21NS2/c1-9(7-12)6-11-4-5-13-10(2,3)8-11/h9,12H,4-8H2,1-3H3. The molecule has 1 atom stereocenters. The van der Waals surface area contributed by atoms with E-state index in [9.17, 15) is 0 Å². The van der Waals surface area contributed by atoms with Crippen LogP contribution in [0.5, 0.6) is 0 Å². The summed E-state index contributed by atoms with van der Waals surface area (Å²) in [6, 6.07) is 0. The average molecular weight is 219 g/mol. The van der Waals surface area contributed by atoms with Gasteiger partial charge >= 0.3 is 0 Å². The zero-order valence-corrected chi connectivity index (χ0v) is 10.6. The molecule has 13 heavy (non-hydrogen) atoms. The third kappa shape index (κ3) is 4.13. The van der Waals surface area contributed by atoms with Crippen LogP contribution in [0.4, 0.5) is 0 Å². The van der Waals surface area contributed by atoms with Crippen molar-refractivity contribution < 1.29 is 0 Å². The van der Waals surface area contributed by atoms with Crippen LogP contribution < -0.4 is 0 Å². The molecule has 1 heterocycles. The fourth-order valence-electron chi connectivity index (χ4n) is 1.77. The maximum absolute atomic E-state index is 4.33. The normalized spacial score (nSPS) is 25.8. The van der Waals surface area contributed by atoms with Gasteiger partial charge in [-0.25, -0.2) is 0 Å².